The van der Waals surface area contributed by atoms with Crippen LogP contribution in [0.15, 0.2) is 0 Å². The van der Waals surface area contributed by atoms with Crippen molar-refractivity contribution in [3.05, 3.63) is 0 Å². The molecule has 164 valence electrons. The Bertz CT molecular complexity index is 435. The maximum absolute atomic E-state index is 12.1. The Labute approximate surface area is 170 Å². The summed E-state index contributed by atoms with van der Waals surface area (Å²) in [7, 11) is 0. The summed E-state index contributed by atoms with van der Waals surface area (Å²) in [5.74, 6) is -1.49. The zero-order valence-corrected chi connectivity index (χ0v) is 18.3. The lowest BCUT2D eigenvalue weighted by Crippen LogP contribution is -2.30. The molecule has 0 saturated carbocycles. The molecule has 0 aromatic rings. The summed E-state index contributed by atoms with van der Waals surface area (Å²) in [6, 6.07) is 0. The third kappa shape index (κ3) is 16.6. The Hall–Kier alpha value is -1.59. The van der Waals surface area contributed by atoms with E-state index in [1.54, 1.807) is 0 Å². The van der Waals surface area contributed by atoms with Gasteiger partial charge in [0, 0.05) is 13.8 Å². The number of ether oxygens (including phenoxy) is 3. The van der Waals surface area contributed by atoms with Crippen molar-refractivity contribution in [3.63, 3.8) is 0 Å². The first-order chi connectivity index (χ1) is 13.4. The van der Waals surface area contributed by atoms with Crippen LogP contribution in [0.3, 0.4) is 0 Å². The third-order valence-electron chi connectivity index (χ3n) is 4.61. The molecule has 0 amide bonds. The fraction of sp³-hybridized carbons (Fsp3) is 0.864. The van der Waals surface area contributed by atoms with E-state index < -0.39 is 18.0 Å². The highest BCUT2D eigenvalue weighted by Gasteiger charge is 2.20. The quantitative estimate of drug-likeness (QED) is 0.195. The second kappa shape index (κ2) is 17.5. The number of rotatable bonds is 17. The molecule has 0 aliphatic heterocycles. The molecule has 0 N–H and O–H groups in total. The fourth-order valence-corrected chi connectivity index (χ4v) is 2.93. The molecule has 0 aromatic carbocycles. The molecule has 0 bridgehead atoms. The molecule has 6 heteroatoms. The van der Waals surface area contributed by atoms with E-state index in [1.807, 2.05) is 6.92 Å². The molecule has 28 heavy (non-hydrogen) atoms. The van der Waals surface area contributed by atoms with Gasteiger partial charge in [0.15, 0.2) is 6.10 Å². The molecule has 0 saturated heterocycles. The van der Waals surface area contributed by atoms with E-state index in [0.29, 0.717) is 0 Å². The molecule has 0 aliphatic rings. The Morgan fingerprint density at radius 3 is 1.71 bits per heavy atom. The summed E-state index contributed by atoms with van der Waals surface area (Å²) in [6.45, 7) is 6.39. The molecule has 2 atom stereocenters. The molecule has 6 nitrogen and oxygen atoms in total. The summed E-state index contributed by atoms with van der Waals surface area (Å²) in [5.41, 5.74) is 0. The highest BCUT2D eigenvalue weighted by atomic mass is 16.6. The second-order valence-electron chi connectivity index (χ2n) is 7.54. The number of hydrogen-bond donors (Lipinski definition) is 0. The number of carbonyl (C=O) groups excluding carboxylic acids is 3. The number of carbonyl (C=O) groups is 3. The van der Waals surface area contributed by atoms with Crippen molar-refractivity contribution < 1.29 is 28.6 Å². The lowest BCUT2D eigenvalue weighted by atomic mass is 10.0. The molecule has 2 unspecified atom stereocenters. The van der Waals surface area contributed by atoms with E-state index >= 15 is 0 Å². The van der Waals surface area contributed by atoms with Gasteiger partial charge in [-0.1, -0.05) is 78.1 Å². The van der Waals surface area contributed by atoms with Crippen LogP contribution in [0.1, 0.15) is 98.3 Å². The van der Waals surface area contributed by atoms with Crippen molar-refractivity contribution in [1.29, 1.82) is 0 Å². The molecule has 0 radical (unpaired) electrons. The van der Waals surface area contributed by atoms with Crippen LogP contribution >= 0.6 is 0 Å². The molecular formula is C22H40O6. The summed E-state index contributed by atoms with van der Waals surface area (Å²) < 4.78 is 15.1. The van der Waals surface area contributed by atoms with E-state index in [9.17, 15) is 14.4 Å². The minimum Gasteiger partial charge on any atom is -0.462 e. The molecule has 0 heterocycles. The van der Waals surface area contributed by atoms with Gasteiger partial charge in [0.25, 0.3) is 0 Å². The van der Waals surface area contributed by atoms with E-state index in [1.165, 1.54) is 65.2 Å². The van der Waals surface area contributed by atoms with Gasteiger partial charge in [0.05, 0.1) is 5.92 Å². The standard InChI is InChI=1S/C22H40O6/c1-5-6-7-8-9-10-11-12-13-14-15-18(2)22(25)27-17-21(28-20(4)24)16-26-19(3)23/h18,21H,5-17H2,1-4H3. The SMILES string of the molecule is CCCCCCCCCCCCC(C)C(=O)OCC(COC(C)=O)OC(C)=O. The van der Waals surface area contributed by atoms with E-state index in [4.69, 9.17) is 14.2 Å². The fourth-order valence-electron chi connectivity index (χ4n) is 2.93. The van der Waals surface area contributed by atoms with Crippen LogP contribution < -0.4 is 0 Å². The van der Waals surface area contributed by atoms with Crippen molar-refractivity contribution in [2.45, 2.75) is 104 Å². The van der Waals surface area contributed by atoms with Crippen LogP contribution in [0.5, 0.6) is 0 Å². The van der Waals surface area contributed by atoms with Gasteiger partial charge in [-0.25, -0.2) is 0 Å². The van der Waals surface area contributed by atoms with E-state index in [-0.39, 0.29) is 25.1 Å². The Morgan fingerprint density at radius 1 is 0.714 bits per heavy atom. The van der Waals surface area contributed by atoms with Crippen molar-refractivity contribution in [2.75, 3.05) is 13.2 Å². The first-order valence-electron chi connectivity index (χ1n) is 10.8. The smallest absolute Gasteiger partial charge is 0.308 e. The van der Waals surface area contributed by atoms with Gasteiger partial charge >= 0.3 is 17.9 Å². The Morgan fingerprint density at radius 2 is 1.21 bits per heavy atom. The van der Waals surface area contributed by atoms with E-state index in [0.717, 1.165) is 19.3 Å². The van der Waals surface area contributed by atoms with E-state index in [2.05, 4.69) is 6.92 Å². The first-order valence-corrected chi connectivity index (χ1v) is 10.8. The second-order valence-corrected chi connectivity index (χ2v) is 7.54. The van der Waals surface area contributed by atoms with Crippen LogP contribution in [0.2, 0.25) is 0 Å². The normalized spacial score (nSPS) is 12.9. The molecule has 0 aromatic heterocycles. The van der Waals surface area contributed by atoms with Gasteiger partial charge in [-0.3, -0.25) is 14.4 Å². The predicted octanol–water partition coefficient (Wildman–Crippen LogP) is 4.97. The molecule has 0 fully saturated rings. The highest BCUT2D eigenvalue weighted by Crippen LogP contribution is 2.15. The summed E-state index contributed by atoms with van der Waals surface area (Å²) in [4.78, 5) is 34.1. The average Bonchev–Trinajstić information content (AvgIpc) is 2.64. The molecule has 0 aliphatic carbocycles. The first kappa shape index (κ1) is 26.4. The number of hydrogen-bond acceptors (Lipinski definition) is 6. The summed E-state index contributed by atoms with van der Waals surface area (Å²) in [5, 5.41) is 0. The zero-order chi connectivity index (χ0) is 21.2. The predicted molar refractivity (Wildman–Crippen MR) is 109 cm³/mol. The molecular weight excluding hydrogens is 360 g/mol. The van der Waals surface area contributed by atoms with Gasteiger partial charge in [0.1, 0.15) is 13.2 Å². The van der Waals surface area contributed by atoms with Crippen molar-refractivity contribution in [1.82, 2.24) is 0 Å². The maximum atomic E-state index is 12.1. The average molecular weight is 401 g/mol. The summed E-state index contributed by atoms with van der Waals surface area (Å²) in [6.07, 6.45) is 12.6. The van der Waals surface area contributed by atoms with Crippen LogP contribution in [0.25, 0.3) is 0 Å². The monoisotopic (exact) mass is 400 g/mol. The van der Waals surface area contributed by atoms with Crippen molar-refractivity contribution in [2.24, 2.45) is 5.92 Å². The summed E-state index contributed by atoms with van der Waals surface area (Å²) >= 11 is 0. The number of unbranched alkanes of at least 4 members (excludes halogenated alkanes) is 9. The van der Waals surface area contributed by atoms with Crippen LogP contribution in [0.4, 0.5) is 0 Å². The van der Waals surface area contributed by atoms with Gasteiger partial charge in [-0.15, -0.1) is 0 Å². The largest absolute Gasteiger partial charge is 0.462 e. The molecule has 0 rings (SSSR count). The number of esters is 3. The zero-order valence-electron chi connectivity index (χ0n) is 18.3. The van der Waals surface area contributed by atoms with Crippen LogP contribution in [-0.2, 0) is 28.6 Å². The van der Waals surface area contributed by atoms with Gasteiger partial charge in [0.2, 0.25) is 0 Å². The lowest BCUT2D eigenvalue weighted by Gasteiger charge is -2.18. The maximum Gasteiger partial charge on any atom is 0.308 e. The third-order valence-corrected chi connectivity index (χ3v) is 4.61. The van der Waals surface area contributed by atoms with Crippen LogP contribution in [0, 0.1) is 5.92 Å². The molecule has 0 spiro atoms. The van der Waals surface area contributed by atoms with Crippen molar-refractivity contribution >= 4 is 17.9 Å². The van der Waals surface area contributed by atoms with Crippen LogP contribution in [-0.4, -0.2) is 37.2 Å². The topological polar surface area (TPSA) is 78.9 Å². The lowest BCUT2D eigenvalue weighted by molar-refractivity contribution is -0.166. The minimum atomic E-state index is -0.769. The van der Waals surface area contributed by atoms with Gasteiger partial charge in [-0.2, -0.15) is 0 Å². The van der Waals surface area contributed by atoms with Crippen molar-refractivity contribution in [3.8, 4) is 0 Å². The minimum absolute atomic E-state index is 0.103. The Kier molecular flexibility index (Phi) is 16.5. The Balaban J connectivity index is 3.83. The highest BCUT2D eigenvalue weighted by molar-refractivity contribution is 5.72. The van der Waals surface area contributed by atoms with Gasteiger partial charge in [-0.05, 0) is 6.42 Å². The van der Waals surface area contributed by atoms with Gasteiger partial charge < -0.3 is 14.2 Å².